The van der Waals surface area contributed by atoms with E-state index in [1.165, 1.54) is 92.8 Å². The van der Waals surface area contributed by atoms with E-state index in [0.29, 0.717) is 0 Å². The molecule has 10 rings (SSSR count). The Hall–Kier alpha value is -6.18. The number of nitrogens with zero attached hydrogens (tertiary/aromatic N) is 1. The summed E-state index contributed by atoms with van der Waals surface area (Å²) >= 11 is 0. The molecule has 0 radical (unpaired) electrons. The monoisotopic (exact) mass is 595 g/mol. The second-order valence-corrected chi connectivity index (χ2v) is 12.6. The second-order valence-electron chi connectivity index (χ2n) is 12.6. The van der Waals surface area contributed by atoms with Crippen molar-refractivity contribution in [2.75, 3.05) is 0 Å². The Morgan fingerprint density at radius 2 is 0.745 bits per heavy atom. The van der Waals surface area contributed by atoms with Crippen LogP contribution >= 0.6 is 0 Å². The zero-order valence-electron chi connectivity index (χ0n) is 25.7. The van der Waals surface area contributed by atoms with Gasteiger partial charge in [-0.05, 0) is 114 Å². The molecule has 1 heteroatoms. The smallest absolute Gasteiger partial charge is 0.0547 e. The summed E-state index contributed by atoms with van der Waals surface area (Å²) in [6.07, 6.45) is 0. The lowest BCUT2D eigenvalue weighted by Gasteiger charge is -2.11. The quantitative estimate of drug-likeness (QED) is 0.191. The van der Waals surface area contributed by atoms with E-state index in [1.54, 1.807) is 0 Å². The van der Waals surface area contributed by atoms with Crippen LogP contribution in [0.5, 0.6) is 0 Å². The zero-order chi connectivity index (χ0) is 30.9. The van der Waals surface area contributed by atoms with Crippen LogP contribution in [-0.2, 0) is 0 Å². The van der Waals surface area contributed by atoms with Crippen LogP contribution in [0.1, 0.15) is 0 Å². The molecule has 0 unspecified atom stereocenters. The molecule has 0 saturated heterocycles. The van der Waals surface area contributed by atoms with Crippen LogP contribution in [0.25, 0.3) is 92.8 Å². The van der Waals surface area contributed by atoms with Crippen molar-refractivity contribution in [1.29, 1.82) is 0 Å². The molecule has 0 spiro atoms. The normalized spacial score (nSPS) is 11.8. The van der Waals surface area contributed by atoms with Gasteiger partial charge in [0.15, 0.2) is 0 Å². The first-order chi connectivity index (χ1) is 23.3. The highest BCUT2D eigenvalue weighted by Gasteiger charge is 2.15. The van der Waals surface area contributed by atoms with E-state index in [-0.39, 0.29) is 0 Å². The highest BCUT2D eigenvalue weighted by atomic mass is 15.0. The highest BCUT2D eigenvalue weighted by molar-refractivity contribution is 6.21. The predicted octanol–water partition coefficient (Wildman–Crippen LogP) is 12.7. The maximum Gasteiger partial charge on any atom is 0.0547 e. The van der Waals surface area contributed by atoms with Crippen molar-refractivity contribution < 1.29 is 0 Å². The van der Waals surface area contributed by atoms with Gasteiger partial charge in [0.05, 0.1) is 11.0 Å². The molecule has 1 heterocycles. The second kappa shape index (κ2) is 10.2. The van der Waals surface area contributed by atoms with Gasteiger partial charge in [-0.1, -0.05) is 127 Å². The molecule has 10 aromatic rings. The minimum absolute atomic E-state index is 1.19. The molecule has 0 amide bonds. The summed E-state index contributed by atoms with van der Waals surface area (Å²) in [7, 11) is 0. The molecule has 0 aliphatic carbocycles. The molecule has 0 aliphatic heterocycles. The fraction of sp³-hybridized carbons (Fsp3) is 0. The molecule has 1 aromatic heterocycles. The Labute approximate surface area is 272 Å². The number of rotatable bonds is 3. The summed E-state index contributed by atoms with van der Waals surface area (Å²) in [6.45, 7) is 0. The average Bonchev–Trinajstić information content (AvgIpc) is 3.48. The topological polar surface area (TPSA) is 4.93 Å². The molecule has 9 aromatic carbocycles. The Bertz CT molecular complexity index is 2850. The van der Waals surface area contributed by atoms with Gasteiger partial charge in [-0.2, -0.15) is 0 Å². The van der Waals surface area contributed by atoms with Crippen molar-refractivity contribution in [2.45, 2.75) is 0 Å². The van der Waals surface area contributed by atoms with Gasteiger partial charge in [0.2, 0.25) is 0 Å². The minimum atomic E-state index is 1.19. The first kappa shape index (κ1) is 26.1. The van der Waals surface area contributed by atoms with Crippen LogP contribution in [0.2, 0.25) is 0 Å². The molecule has 1 nitrogen and oxygen atoms in total. The number of benzene rings is 9. The van der Waals surface area contributed by atoms with Gasteiger partial charge in [-0.3, -0.25) is 0 Å². The van der Waals surface area contributed by atoms with E-state index in [9.17, 15) is 0 Å². The van der Waals surface area contributed by atoms with Crippen LogP contribution < -0.4 is 0 Å². The number of fused-ring (bicyclic) bond motifs is 8. The molecular weight excluding hydrogens is 567 g/mol. The van der Waals surface area contributed by atoms with Crippen molar-refractivity contribution in [1.82, 2.24) is 4.57 Å². The van der Waals surface area contributed by atoms with Gasteiger partial charge in [0.1, 0.15) is 0 Å². The Morgan fingerprint density at radius 1 is 0.277 bits per heavy atom. The van der Waals surface area contributed by atoms with E-state index in [0.717, 1.165) is 0 Å². The van der Waals surface area contributed by atoms with E-state index >= 15 is 0 Å². The molecule has 218 valence electrons. The Kier molecular flexibility index (Phi) is 5.64. The fourth-order valence-corrected chi connectivity index (χ4v) is 7.54. The third kappa shape index (κ3) is 4.17. The molecule has 0 bridgehead atoms. The Morgan fingerprint density at radius 3 is 1.43 bits per heavy atom. The van der Waals surface area contributed by atoms with Crippen LogP contribution in [0, 0.1) is 0 Å². The largest absolute Gasteiger partial charge is 0.309 e. The fourth-order valence-electron chi connectivity index (χ4n) is 7.54. The summed E-state index contributed by atoms with van der Waals surface area (Å²) in [6, 6.07) is 64.6. The Balaban J connectivity index is 1.07. The van der Waals surface area contributed by atoms with Gasteiger partial charge >= 0.3 is 0 Å². The maximum absolute atomic E-state index is 2.42. The minimum Gasteiger partial charge on any atom is -0.309 e. The third-order valence-corrected chi connectivity index (χ3v) is 9.90. The number of hydrogen-bond donors (Lipinski definition) is 0. The number of aromatic nitrogens is 1. The molecule has 0 saturated carbocycles. The van der Waals surface area contributed by atoms with Crippen LogP contribution in [0.15, 0.2) is 176 Å². The molecule has 0 N–H and O–H groups in total. The van der Waals surface area contributed by atoms with Crippen LogP contribution in [0.3, 0.4) is 0 Å². The van der Waals surface area contributed by atoms with Crippen LogP contribution in [0.4, 0.5) is 0 Å². The van der Waals surface area contributed by atoms with E-state index in [2.05, 4.69) is 180 Å². The van der Waals surface area contributed by atoms with E-state index in [4.69, 9.17) is 0 Å². The lowest BCUT2D eigenvalue weighted by molar-refractivity contribution is 1.19. The molecule has 0 atom stereocenters. The SMILES string of the molecule is c1ccc2cc(-c3ccc4cc(-c5ccc6c(ccc7c6c6ccccc6n7-c6ccc7ccccc7c6)c5)ccc4c3)ccc2c1. The van der Waals surface area contributed by atoms with Crippen LogP contribution in [-0.4, -0.2) is 4.57 Å². The van der Waals surface area contributed by atoms with Gasteiger partial charge in [-0.15, -0.1) is 0 Å². The lowest BCUT2D eigenvalue weighted by Crippen LogP contribution is -1.93. The average molecular weight is 596 g/mol. The van der Waals surface area contributed by atoms with Gasteiger partial charge < -0.3 is 4.57 Å². The number of hydrogen-bond acceptors (Lipinski definition) is 0. The number of para-hydroxylation sites is 1. The van der Waals surface area contributed by atoms with Crippen molar-refractivity contribution in [3.63, 3.8) is 0 Å². The summed E-state index contributed by atoms with van der Waals surface area (Å²) in [5.74, 6) is 0. The van der Waals surface area contributed by atoms with Gasteiger partial charge in [0, 0.05) is 16.5 Å². The maximum atomic E-state index is 2.42. The summed E-state index contributed by atoms with van der Waals surface area (Å²) in [5.41, 5.74) is 8.60. The summed E-state index contributed by atoms with van der Waals surface area (Å²) in [4.78, 5) is 0. The predicted molar refractivity (Wildman–Crippen MR) is 202 cm³/mol. The third-order valence-electron chi connectivity index (χ3n) is 9.90. The summed E-state index contributed by atoms with van der Waals surface area (Å²) < 4.78 is 2.42. The molecule has 47 heavy (non-hydrogen) atoms. The molecule has 0 fully saturated rings. The van der Waals surface area contributed by atoms with E-state index in [1.807, 2.05) is 0 Å². The first-order valence-electron chi connectivity index (χ1n) is 16.3. The van der Waals surface area contributed by atoms with Gasteiger partial charge in [-0.25, -0.2) is 0 Å². The highest BCUT2D eigenvalue weighted by Crippen LogP contribution is 2.39. The molecular formula is C46H29N. The van der Waals surface area contributed by atoms with Gasteiger partial charge in [0.25, 0.3) is 0 Å². The van der Waals surface area contributed by atoms with E-state index < -0.39 is 0 Å². The van der Waals surface area contributed by atoms with Crippen molar-refractivity contribution >= 4 is 64.9 Å². The first-order valence-corrected chi connectivity index (χ1v) is 16.3. The van der Waals surface area contributed by atoms with Crippen molar-refractivity contribution in [2.24, 2.45) is 0 Å². The standard InChI is InChI=1S/C46H29N/c1-3-9-32-25-34(14-13-30(32)7-1)35-15-16-37-27-38(18-17-36(37)26-35)39-20-23-42-40(28-39)21-24-45-46(42)43-11-5-6-12-44(43)47(45)41-22-19-31-8-2-4-10-33(31)29-41/h1-29H. The van der Waals surface area contributed by atoms with Crippen molar-refractivity contribution in [3.8, 4) is 27.9 Å². The van der Waals surface area contributed by atoms with Crippen molar-refractivity contribution in [3.05, 3.63) is 176 Å². The zero-order valence-corrected chi connectivity index (χ0v) is 25.7. The summed E-state index contributed by atoms with van der Waals surface area (Å²) in [5, 5.41) is 12.7. The molecule has 0 aliphatic rings. The lowest BCUT2D eigenvalue weighted by atomic mass is 9.95.